The third-order valence-electron chi connectivity index (χ3n) is 2.40. The minimum atomic E-state index is 1.15. The van der Waals surface area contributed by atoms with E-state index in [1.165, 1.54) is 24.3 Å². The molecule has 0 aromatic carbocycles. The predicted octanol–water partition coefficient (Wildman–Crippen LogP) is 2.86. The number of hydrogen-bond donors (Lipinski definition) is 0. The summed E-state index contributed by atoms with van der Waals surface area (Å²) in [5, 5.41) is 2.14. The number of rotatable bonds is 1. The van der Waals surface area contributed by atoms with Crippen LogP contribution in [0.4, 0.5) is 0 Å². The molecule has 2 rings (SSSR count). The molecule has 0 saturated carbocycles. The fourth-order valence-corrected chi connectivity index (χ4v) is 2.48. The summed E-state index contributed by atoms with van der Waals surface area (Å²) >= 11 is 1.82. The van der Waals surface area contributed by atoms with Gasteiger partial charge in [-0.1, -0.05) is 11.6 Å². The molecule has 70 valence electrons. The number of likely N-dealkylation sites (N-methyl/N-ethyl adjacent to an activating group) is 1. The molecular formula is C11H15NS. The van der Waals surface area contributed by atoms with E-state index in [4.69, 9.17) is 0 Å². The van der Waals surface area contributed by atoms with Crippen molar-refractivity contribution < 1.29 is 0 Å². The molecule has 0 N–H and O–H groups in total. The van der Waals surface area contributed by atoms with Gasteiger partial charge in [0, 0.05) is 11.4 Å². The quantitative estimate of drug-likeness (QED) is 0.663. The van der Waals surface area contributed by atoms with Gasteiger partial charge in [0.2, 0.25) is 0 Å². The molecular weight excluding hydrogens is 178 g/mol. The van der Waals surface area contributed by atoms with Gasteiger partial charge >= 0.3 is 0 Å². The average Bonchev–Trinajstić information content (AvgIpc) is 2.57. The van der Waals surface area contributed by atoms with Crippen molar-refractivity contribution in [3.8, 4) is 0 Å². The molecule has 13 heavy (non-hydrogen) atoms. The average molecular weight is 193 g/mol. The lowest BCUT2D eigenvalue weighted by atomic mass is 10.0. The third kappa shape index (κ3) is 2.42. The van der Waals surface area contributed by atoms with Crippen LogP contribution in [0.2, 0.25) is 0 Å². The zero-order chi connectivity index (χ0) is 9.10. The van der Waals surface area contributed by atoms with Crippen LogP contribution in [0, 0.1) is 0 Å². The number of nitrogens with zero attached hydrogens (tertiary/aromatic N) is 1. The molecule has 1 aromatic rings. The van der Waals surface area contributed by atoms with Crippen molar-refractivity contribution in [2.75, 3.05) is 20.1 Å². The molecule has 1 aromatic heterocycles. The van der Waals surface area contributed by atoms with E-state index in [0.29, 0.717) is 0 Å². The summed E-state index contributed by atoms with van der Waals surface area (Å²) in [5.41, 5.74) is 1.58. The SMILES string of the molecule is CN1CCCC(=Cc2cccs2)C1. The van der Waals surface area contributed by atoms with E-state index in [9.17, 15) is 0 Å². The maximum Gasteiger partial charge on any atom is 0.0270 e. The fourth-order valence-electron chi connectivity index (χ4n) is 1.77. The van der Waals surface area contributed by atoms with Gasteiger partial charge < -0.3 is 4.90 Å². The maximum atomic E-state index is 2.39. The zero-order valence-corrected chi connectivity index (χ0v) is 8.81. The Morgan fingerprint density at radius 2 is 2.46 bits per heavy atom. The van der Waals surface area contributed by atoms with Gasteiger partial charge in [0.1, 0.15) is 0 Å². The van der Waals surface area contributed by atoms with E-state index in [2.05, 4.69) is 35.5 Å². The van der Waals surface area contributed by atoms with Gasteiger partial charge in [0.25, 0.3) is 0 Å². The van der Waals surface area contributed by atoms with E-state index < -0.39 is 0 Å². The molecule has 1 nitrogen and oxygen atoms in total. The van der Waals surface area contributed by atoms with Crippen molar-refractivity contribution in [3.05, 3.63) is 28.0 Å². The van der Waals surface area contributed by atoms with Gasteiger partial charge in [-0.25, -0.2) is 0 Å². The first kappa shape index (κ1) is 8.97. The Bertz CT molecular complexity index is 287. The second kappa shape index (κ2) is 4.07. The lowest BCUT2D eigenvalue weighted by Crippen LogP contribution is -2.26. The molecule has 0 unspecified atom stereocenters. The molecule has 1 aliphatic rings. The van der Waals surface area contributed by atoms with Crippen LogP contribution in [0.3, 0.4) is 0 Å². The molecule has 0 aliphatic carbocycles. The Labute approximate surface area is 83.7 Å². The standard InChI is InChI=1S/C11H15NS/c1-12-6-2-4-10(9-12)8-11-5-3-7-13-11/h3,5,7-8H,2,4,6,9H2,1H3. The fraction of sp³-hybridized carbons (Fsp3) is 0.455. The van der Waals surface area contributed by atoms with Crippen LogP contribution < -0.4 is 0 Å². The summed E-state index contributed by atoms with van der Waals surface area (Å²) in [7, 11) is 2.20. The van der Waals surface area contributed by atoms with E-state index in [1.54, 1.807) is 5.57 Å². The Morgan fingerprint density at radius 3 is 3.15 bits per heavy atom. The molecule has 2 heterocycles. The molecule has 0 atom stereocenters. The molecule has 1 fully saturated rings. The highest BCUT2D eigenvalue weighted by Gasteiger charge is 2.09. The van der Waals surface area contributed by atoms with Crippen molar-refractivity contribution in [3.63, 3.8) is 0 Å². The van der Waals surface area contributed by atoms with Gasteiger partial charge in [0.15, 0.2) is 0 Å². The van der Waals surface area contributed by atoms with Crippen LogP contribution >= 0.6 is 11.3 Å². The van der Waals surface area contributed by atoms with E-state index >= 15 is 0 Å². The lowest BCUT2D eigenvalue weighted by Gasteiger charge is -2.24. The predicted molar refractivity (Wildman–Crippen MR) is 59.0 cm³/mol. The van der Waals surface area contributed by atoms with Crippen LogP contribution in [0.1, 0.15) is 17.7 Å². The molecule has 1 aliphatic heterocycles. The van der Waals surface area contributed by atoms with E-state index in [1.807, 2.05) is 11.3 Å². The molecule has 0 bridgehead atoms. The second-order valence-corrected chi connectivity index (χ2v) is 4.64. The first-order valence-corrected chi connectivity index (χ1v) is 5.64. The van der Waals surface area contributed by atoms with Crippen LogP contribution in [0.25, 0.3) is 6.08 Å². The molecule has 0 spiro atoms. The first-order chi connectivity index (χ1) is 6.34. The highest BCUT2D eigenvalue weighted by molar-refractivity contribution is 7.10. The summed E-state index contributed by atoms with van der Waals surface area (Å²) in [5.74, 6) is 0. The van der Waals surface area contributed by atoms with Crippen molar-refractivity contribution in [1.82, 2.24) is 4.90 Å². The summed E-state index contributed by atoms with van der Waals surface area (Å²) in [4.78, 5) is 3.79. The van der Waals surface area contributed by atoms with Crippen molar-refractivity contribution in [2.45, 2.75) is 12.8 Å². The van der Waals surface area contributed by atoms with Crippen molar-refractivity contribution in [2.24, 2.45) is 0 Å². The van der Waals surface area contributed by atoms with Crippen molar-refractivity contribution >= 4 is 17.4 Å². The van der Waals surface area contributed by atoms with Crippen LogP contribution in [-0.2, 0) is 0 Å². The highest BCUT2D eigenvalue weighted by atomic mass is 32.1. The number of likely N-dealkylation sites (tertiary alicyclic amines) is 1. The number of piperidine rings is 1. The Morgan fingerprint density at radius 1 is 1.54 bits per heavy atom. The van der Waals surface area contributed by atoms with E-state index in [0.717, 1.165) is 6.54 Å². The molecule has 1 saturated heterocycles. The normalized spacial score (nSPS) is 22.4. The summed E-state index contributed by atoms with van der Waals surface area (Å²) in [6, 6.07) is 4.30. The van der Waals surface area contributed by atoms with Gasteiger partial charge in [-0.2, -0.15) is 0 Å². The van der Waals surface area contributed by atoms with Gasteiger partial charge in [-0.15, -0.1) is 11.3 Å². The lowest BCUT2D eigenvalue weighted by molar-refractivity contribution is 0.324. The minimum Gasteiger partial charge on any atom is -0.302 e. The van der Waals surface area contributed by atoms with E-state index in [-0.39, 0.29) is 0 Å². The van der Waals surface area contributed by atoms with Crippen LogP contribution in [0.15, 0.2) is 23.1 Å². The first-order valence-electron chi connectivity index (χ1n) is 4.76. The minimum absolute atomic E-state index is 1.15. The maximum absolute atomic E-state index is 2.39. The van der Waals surface area contributed by atoms with Crippen LogP contribution in [0.5, 0.6) is 0 Å². The van der Waals surface area contributed by atoms with Crippen LogP contribution in [-0.4, -0.2) is 25.0 Å². The van der Waals surface area contributed by atoms with Gasteiger partial charge in [-0.3, -0.25) is 0 Å². The Balaban J connectivity index is 2.07. The monoisotopic (exact) mass is 193 g/mol. The van der Waals surface area contributed by atoms with Gasteiger partial charge in [0.05, 0.1) is 0 Å². The number of hydrogen-bond acceptors (Lipinski definition) is 2. The van der Waals surface area contributed by atoms with Crippen molar-refractivity contribution in [1.29, 1.82) is 0 Å². The highest BCUT2D eigenvalue weighted by Crippen LogP contribution is 2.19. The zero-order valence-electron chi connectivity index (χ0n) is 7.99. The summed E-state index contributed by atoms with van der Waals surface area (Å²) in [6.45, 7) is 2.40. The molecule has 2 heteroatoms. The topological polar surface area (TPSA) is 3.24 Å². The van der Waals surface area contributed by atoms with Gasteiger partial charge in [-0.05, 0) is 44.0 Å². The third-order valence-corrected chi connectivity index (χ3v) is 3.22. The Hall–Kier alpha value is -0.600. The molecule has 0 amide bonds. The summed E-state index contributed by atoms with van der Waals surface area (Å²) < 4.78 is 0. The Kier molecular flexibility index (Phi) is 2.81. The largest absolute Gasteiger partial charge is 0.302 e. The molecule has 0 radical (unpaired) electrons. The summed E-state index contributed by atoms with van der Waals surface area (Å²) in [6.07, 6.45) is 4.94. The smallest absolute Gasteiger partial charge is 0.0270 e. The number of thiophene rings is 1. The second-order valence-electron chi connectivity index (χ2n) is 3.66.